The molecular formula is C10H20O8. The second-order valence-electron chi connectivity index (χ2n) is 3.97. The van der Waals surface area contributed by atoms with Crippen molar-refractivity contribution in [1.29, 1.82) is 0 Å². The predicted molar refractivity (Wildman–Crippen MR) is 58.1 cm³/mol. The highest BCUT2D eigenvalue weighted by Gasteiger charge is 2.45. The van der Waals surface area contributed by atoms with Crippen molar-refractivity contribution in [1.82, 2.24) is 0 Å². The number of carbonyl (C=O) groups is 1. The number of hydrogen-bond donors (Lipinski definition) is 6. The van der Waals surface area contributed by atoms with Crippen molar-refractivity contribution in [3.05, 3.63) is 0 Å². The molecule has 0 radical (unpaired) electrons. The zero-order valence-electron chi connectivity index (χ0n) is 10.2. The zero-order valence-corrected chi connectivity index (χ0v) is 10.2. The molecule has 0 aromatic rings. The minimum Gasteiger partial charge on any atom is -0.430 e. The average Bonchev–Trinajstić information content (AvgIpc) is 2.33. The first kappa shape index (κ1) is 17.2. The largest absolute Gasteiger partial charge is 0.430 e. The monoisotopic (exact) mass is 268 g/mol. The lowest BCUT2D eigenvalue weighted by Crippen LogP contribution is -2.57. The maximum Gasteiger partial charge on any atom is 0.305 e. The van der Waals surface area contributed by atoms with Crippen LogP contribution in [0, 0.1) is 0 Å². The van der Waals surface area contributed by atoms with E-state index in [1.165, 1.54) is 6.92 Å². The number of ether oxygens (including phenoxy) is 1. The molecule has 108 valence electrons. The lowest BCUT2D eigenvalue weighted by Gasteiger charge is -2.35. The van der Waals surface area contributed by atoms with Crippen LogP contribution in [0.15, 0.2) is 0 Å². The molecule has 0 fully saturated rings. The summed E-state index contributed by atoms with van der Waals surface area (Å²) in [5.74, 6) is -3.27. The molecule has 0 bridgehead atoms. The van der Waals surface area contributed by atoms with Crippen LogP contribution in [-0.2, 0) is 9.53 Å². The summed E-state index contributed by atoms with van der Waals surface area (Å²) >= 11 is 0. The number of esters is 1. The maximum atomic E-state index is 10.8. The number of carbonyl (C=O) groups excluding carboxylic acids is 1. The minimum atomic E-state index is -2.39. The normalized spacial score (nSPS) is 21.6. The highest BCUT2D eigenvalue weighted by atomic mass is 16.7. The molecule has 0 aliphatic heterocycles. The van der Waals surface area contributed by atoms with Crippen LogP contribution >= 0.6 is 0 Å². The molecule has 5 atom stereocenters. The molecule has 0 aliphatic carbocycles. The van der Waals surface area contributed by atoms with Crippen LogP contribution < -0.4 is 0 Å². The Bertz CT molecular complexity index is 271. The van der Waals surface area contributed by atoms with Gasteiger partial charge in [0.15, 0.2) is 0 Å². The number of aliphatic hydroxyl groups is 6. The van der Waals surface area contributed by atoms with Crippen LogP contribution in [0.25, 0.3) is 0 Å². The second-order valence-corrected chi connectivity index (χ2v) is 3.97. The fourth-order valence-electron chi connectivity index (χ4n) is 1.38. The van der Waals surface area contributed by atoms with Gasteiger partial charge in [-0.25, -0.2) is 0 Å². The molecule has 0 rings (SSSR count). The third-order valence-corrected chi connectivity index (χ3v) is 2.54. The van der Waals surface area contributed by atoms with Crippen LogP contribution in [0.4, 0.5) is 0 Å². The first-order valence-corrected chi connectivity index (χ1v) is 5.44. The van der Waals surface area contributed by atoms with Crippen LogP contribution in [-0.4, -0.2) is 73.4 Å². The van der Waals surface area contributed by atoms with Gasteiger partial charge in [0.25, 0.3) is 0 Å². The van der Waals surface area contributed by atoms with Crippen molar-refractivity contribution < 1.29 is 40.2 Å². The molecule has 8 nitrogen and oxygen atoms in total. The summed E-state index contributed by atoms with van der Waals surface area (Å²) in [5, 5.41) is 56.1. The molecule has 0 heterocycles. The summed E-state index contributed by atoms with van der Waals surface area (Å²) in [5.41, 5.74) is 0. The third kappa shape index (κ3) is 4.16. The molecule has 1 unspecified atom stereocenters. The summed E-state index contributed by atoms with van der Waals surface area (Å²) in [6.07, 6.45) is -7.89. The Morgan fingerprint density at radius 2 is 1.72 bits per heavy atom. The molecule has 0 saturated heterocycles. The van der Waals surface area contributed by atoms with Gasteiger partial charge in [0.1, 0.15) is 24.4 Å². The molecule has 6 N–H and O–H groups in total. The van der Waals surface area contributed by atoms with Gasteiger partial charge in [0.2, 0.25) is 5.79 Å². The molecule has 0 aromatic carbocycles. The average molecular weight is 268 g/mol. The Balaban J connectivity index is 4.87. The Hall–Kier alpha value is -0.770. The van der Waals surface area contributed by atoms with Gasteiger partial charge in [-0.2, -0.15) is 0 Å². The van der Waals surface area contributed by atoms with Crippen molar-refractivity contribution in [3.8, 4) is 0 Å². The third-order valence-electron chi connectivity index (χ3n) is 2.54. The van der Waals surface area contributed by atoms with Gasteiger partial charge in [0.05, 0.1) is 6.61 Å². The first-order chi connectivity index (χ1) is 8.19. The van der Waals surface area contributed by atoms with Gasteiger partial charge in [-0.1, -0.05) is 6.92 Å². The molecule has 18 heavy (non-hydrogen) atoms. The molecular weight excluding hydrogens is 248 g/mol. The van der Waals surface area contributed by atoms with Crippen molar-refractivity contribution in [2.24, 2.45) is 0 Å². The smallest absolute Gasteiger partial charge is 0.305 e. The fraction of sp³-hybridized carbons (Fsp3) is 0.900. The molecule has 8 heteroatoms. The summed E-state index contributed by atoms with van der Waals surface area (Å²) < 4.78 is 4.48. The number of rotatable bonds is 7. The van der Waals surface area contributed by atoms with Gasteiger partial charge in [-0.3, -0.25) is 4.79 Å². The molecule has 0 aliphatic rings. The summed E-state index contributed by atoms with van der Waals surface area (Å²) in [6.45, 7) is 1.54. The summed E-state index contributed by atoms with van der Waals surface area (Å²) in [7, 11) is 0. The molecule has 0 amide bonds. The van der Waals surface area contributed by atoms with Crippen LogP contribution in [0.5, 0.6) is 0 Å². The highest BCUT2D eigenvalue weighted by molar-refractivity contribution is 5.66. The zero-order chi connectivity index (χ0) is 14.5. The Morgan fingerprint density at radius 3 is 2.06 bits per heavy atom. The van der Waals surface area contributed by atoms with E-state index < -0.39 is 42.8 Å². The van der Waals surface area contributed by atoms with Gasteiger partial charge in [-0.05, 0) is 0 Å². The van der Waals surface area contributed by atoms with Gasteiger partial charge in [-0.15, -0.1) is 0 Å². The van der Waals surface area contributed by atoms with E-state index in [0.29, 0.717) is 0 Å². The Labute approximate surface area is 104 Å². The lowest BCUT2D eigenvalue weighted by atomic mass is 9.95. The van der Waals surface area contributed by atoms with E-state index >= 15 is 0 Å². The van der Waals surface area contributed by atoms with Crippen LogP contribution in [0.1, 0.15) is 20.3 Å². The topological polar surface area (TPSA) is 148 Å². The first-order valence-electron chi connectivity index (χ1n) is 5.44. The van der Waals surface area contributed by atoms with Crippen LogP contribution in [0.3, 0.4) is 0 Å². The Morgan fingerprint density at radius 1 is 1.22 bits per heavy atom. The quantitative estimate of drug-likeness (QED) is 0.212. The van der Waals surface area contributed by atoms with E-state index in [9.17, 15) is 25.2 Å². The highest BCUT2D eigenvalue weighted by Crippen LogP contribution is 2.22. The maximum absolute atomic E-state index is 10.8. The number of hydrogen-bond acceptors (Lipinski definition) is 8. The van der Waals surface area contributed by atoms with E-state index in [2.05, 4.69) is 4.74 Å². The molecule has 0 aromatic heterocycles. The second kappa shape index (κ2) is 6.98. The summed E-state index contributed by atoms with van der Waals surface area (Å²) in [6, 6.07) is 0. The minimum absolute atomic E-state index is 0.243. The van der Waals surface area contributed by atoms with E-state index in [1.54, 1.807) is 0 Å². The van der Waals surface area contributed by atoms with Crippen molar-refractivity contribution in [2.45, 2.75) is 50.5 Å². The van der Waals surface area contributed by atoms with E-state index in [1.807, 2.05) is 0 Å². The number of aliphatic hydroxyl groups excluding tert-OH is 5. The van der Waals surface area contributed by atoms with Gasteiger partial charge < -0.3 is 35.4 Å². The standard InChI is InChI=1S/C10H20O8/c1-3-10(17,18-5(2)12)9(16)8(15)7(14)6(13)4-11/h6-9,11,13-17H,3-4H2,1-2H3/t6-,7+,8+,9+,10?/m0/s1. The van der Waals surface area contributed by atoms with E-state index in [0.717, 1.165) is 6.92 Å². The van der Waals surface area contributed by atoms with Crippen molar-refractivity contribution >= 4 is 5.97 Å². The molecule has 0 spiro atoms. The SMILES string of the molecule is CCC(O)(OC(C)=O)[C@H](O)[C@H](O)[C@H](O)[C@@H](O)CO. The van der Waals surface area contributed by atoms with Crippen LogP contribution in [0.2, 0.25) is 0 Å². The van der Waals surface area contributed by atoms with Crippen molar-refractivity contribution in [3.63, 3.8) is 0 Å². The van der Waals surface area contributed by atoms with Crippen molar-refractivity contribution in [2.75, 3.05) is 6.61 Å². The van der Waals surface area contributed by atoms with Gasteiger partial charge in [0, 0.05) is 13.3 Å². The predicted octanol–water partition coefficient (Wildman–Crippen LogP) is -2.92. The Kier molecular flexibility index (Phi) is 6.68. The summed E-state index contributed by atoms with van der Waals surface area (Å²) in [4.78, 5) is 10.8. The lowest BCUT2D eigenvalue weighted by molar-refractivity contribution is -0.273. The van der Waals surface area contributed by atoms with E-state index in [4.69, 9.17) is 10.2 Å². The van der Waals surface area contributed by atoms with E-state index in [-0.39, 0.29) is 6.42 Å². The molecule has 0 saturated carbocycles. The fourth-order valence-corrected chi connectivity index (χ4v) is 1.38. The van der Waals surface area contributed by atoms with Gasteiger partial charge >= 0.3 is 5.97 Å².